The number of aryl methyl sites for hydroxylation is 1. The third-order valence-corrected chi connectivity index (χ3v) is 6.78. The van der Waals surface area contributed by atoms with Gasteiger partial charge in [0.15, 0.2) is 5.82 Å². The maximum absolute atomic E-state index is 15.4. The average molecular weight is 518 g/mol. The summed E-state index contributed by atoms with van der Waals surface area (Å²) in [5, 5.41) is -0.792. The molecule has 2 aliphatic rings. The molecule has 3 N–H and O–H groups in total. The second kappa shape index (κ2) is 7.90. The van der Waals surface area contributed by atoms with Crippen molar-refractivity contribution in [2.24, 2.45) is 11.7 Å². The van der Waals surface area contributed by atoms with Crippen molar-refractivity contribution in [1.29, 1.82) is 0 Å². The highest BCUT2D eigenvalue weighted by Gasteiger charge is 2.72. The zero-order valence-electron chi connectivity index (χ0n) is 18.0. The molecule has 1 saturated carbocycles. The number of H-pyrrole nitrogens is 1. The van der Waals surface area contributed by atoms with E-state index in [4.69, 9.17) is 5.73 Å². The number of hydrogen-bond acceptors (Lipinski definition) is 4. The Balaban J connectivity index is 1.94. The topological polar surface area (TPSA) is 84.1 Å². The number of hydrogen-bond donors (Lipinski definition) is 2. The van der Waals surface area contributed by atoms with E-state index in [9.17, 15) is 44.7 Å². The lowest BCUT2D eigenvalue weighted by Crippen LogP contribution is -2.68. The average Bonchev–Trinajstić information content (AvgIpc) is 3.42. The second-order valence-electron chi connectivity index (χ2n) is 8.88. The molecule has 0 spiro atoms. The molecule has 1 unspecified atom stereocenters. The Labute approximate surface area is 190 Å². The van der Waals surface area contributed by atoms with Crippen LogP contribution in [-0.4, -0.2) is 40.5 Å². The molecule has 1 aromatic heterocycles. The minimum Gasteiger partial charge on any atom is -0.369 e. The largest absolute Gasteiger partial charge is 0.415 e. The van der Waals surface area contributed by atoms with Gasteiger partial charge in [0, 0.05) is 30.6 Å². The molecule has 4 rings (SSSR count). The Morgan fingerprint density at radius 2 is 1.60 bits per heavy atom. The van der Waals surface area contributed by atoms with Crippen molar-refractivity contribution in [3.63, 3.8) is 0 Å². The van der Waals surface area contributed by atoms with Crippen LogP contribution >= 0.6 is 0 Å². The number of aromatic amines is 1. The van der Waals surface area contributed by atoms with Gasteiger partial charge in [-0.2, -0.15) is 26.3 Å². The molecule has 0 bridgehead atoms. The van der Waals surface area contributed by atoms with Gasteiger partial charge in [-0.25, -0.2) is 18.0 Å². The molecule has 1 aliphatic heterocycles. The Morgan fingerprint density at radius 3 is 2.09 bits per heavy atom. The molecule has 2 heterocycles. The fourth-order valence-electron chi connectivity index (χ4n) is 4.90. The van der Waals surface area contributed by atoms with Crippen LogP contribution in [-0.2, 0) is 0 Å². The van der Waals surface area contributed by atoms with Gasteiger partial charge in [-0.15, -0.1) is 0 Å². The number of benzene rings is 1. The summed E-state index contributed by atoms with van der Waals surface area (Å²) < 4.78 is 125. The quantitative estimate of drug-likeness (QED) is 0.599. The summed E-state index contributed by atoms with van der Waals surface area (Å²) in [5.74, 6) is -3.92. The lowest BCUT2D eigenvalue weighted by molar-refractivity contribution is -0.309. The fourth-order valence-corrected chi connectivity index (χ4v) is 4.90. The molecular formula is C20H19F9N4O2. The van der Waals surface area contributed by atoms with Crippen LogP contribution in [0, 0.1) is 18.7 Å². The van der Waals surface area contributed by atoms with Gasteiger partial charge >= 0.3 is 18.0 Å². The number of anilines is 1. The number of nitrogens with two attached hydrogens (primary N) is 1. The van der Waals surface area contributed by atoms with Crippen molar-refractivity contribution >= 4 is 16.6 Å². The molecule has 2 aromatic rings. The second-order valence-corrected chi connectivity index (χ2v) is 8.88. The van der Waals surface area contributed by atoms with E-state index >= 15 is 4.39 Å². The van der Waals surface area contributed by atoms with Crippen molar-refractivity contribution in [2.75, 3.05) is 18.0 Å². The van der Waals surface area contributed by atoms with Crippen LogP contribution < -0.4 is 21.9 Å². The highest BCUT2D eigenvalue weighted by Crippen LogP contribution is 2.50. The summed E-state index contributed by atoms with van der Waals surface area (Å²) >= 11 is 0. The first-order chi connectivity index (χ1) is 16.0. The third-order valence-electron chi connectivity index (χ3n) is 6.78. The molecule has 1 aliphatic carbocycles. The first kappa shape index (κ1) is 25.4. The van der Waals surface area contributed by atoms with Crippen LogP contribution in [0.5, 0.6) is 0 Å². The number of alkyl halides is 8. The van der Waals surface area contributed by atoms with Crippen molar-refractivity contribution in [2.45, 2.75) is 56.5 Å². The SMILES string of the molecule is Cc1c(N2CCC(C(N)(C(F)(F)F)C(F)(F)F)C2)c(F)c(C(F)F)c2c(=O)[nH]c(=O)n(C3CC3)c12. The number of aromatic nitrogens is 2. The molecular weight excluding hydrogens is 499 g/mol. The molecule has 2 fully saturated rings. The van der Waals surface area contributed by atoms with E-state index < -0.39 is 89.5 Å². The van der Waals surface area contributed by atoms with Gasteiger partial charge in [0.05, 0.1) is 22.2 Å². The number of nitrogens with zero attached hydrogens (tertiary/aromatic N) is 2. The van der Waals surface area contributed by atoms with Crippen LogP contribution in [0.2, 0.25) is 0 Å². The summed E-state index contributed by atoms with van der Waals surface area (Å²) in [6.45, 7) is -0.429. The predicted molar refractivity (Wildman–Crippen MR) is 106 cm³/mol. The van der Waals surface area contributed by atoms with E-state index in [0.717, 1.165) is 9.47 Å². The smallest absolute Gasteiger partial charge is 0.369 e. The molecule has 1 aromatic carbocycles. The third kappa shape index (κ3) is 3.69. The summed E-state index contributed by atoms with van der Waals surface area (Å²) in [4.78, 5) is 27.5. The highest BCUT2D eigenvalue weighted by molar-refractivity contribution is 5.90. The number of halogens is 9. The summed E-state index contributed by atoms with van der Waals surface area (Å²) in [5.41, 5.74) is -4.60. The molecule has 0 amide bonds. The van der Waals surface area contributed by atoms with Gasteiger partial charge in [-0.05, 0) is 26.2 Å². The van der Waals surface area contributed by atoms with Crippen molar-refractivity contribution in [1.82, 2.24) is 9.55 Å². The van der Waals surface area contributed by atoms with E-state index in [1.165, 1.54) is 6.92 Å². The zero-order chi connectivity index (χ0) is 26.2. The maximum Gasteiger partial charge on any atom is 0.415 e. The Kier molecular flexibility index (Phi) is 5.73. The van der Waals surface area contributed by atoms with E-state index in [-0.39, 0.29) is 11.1 Å². The maximum atomic E-state index is 15.4. The molecule has 6 nitrogen and oxygen atoms in total. The Morgan fingerprint density at radius 1 is 1.03 bits per heavy atom. The van der Waals surface area contributed by atoms with E-state index in [1.807, 2.05) is 4.98 Å². The number of fused-ring (bicyclic) bond motifs is 1. The summed E-state index contributed by atoms with van der Waals surface area (Å²) in [7, 11) is 0. The molecule has 15 heteroatoms. The van der Waals surface area contributed by atoms with Crippen molar-refractivity contribution in [3.8, 4) is 0 Å². The van der Waals surface area contributed by atoms with E-state index in [1.54, 1.807) is 0 Å². The van der Waals surface area contributed by atoms with Gasteiger partial charge in [0.1, 0.15) is 0 Å². The Hall–Kier alpha value is -2.71. The standard InChI is InChI=1S/C20H19F9N4O2/c1-7-13-11(16(34)31-17(35)33(13)9-2-3-9)10(15(22)23)12(21)14(7)32-5-4-8(6-32)18(30,19(24,25)26)20(27,28)29/h8-9,15H,2-6,30H2,1H3,(H,31,34,35). The summed E-state index contributed by atoms with van der Waals surface area (Å²) in [6.07, 6.45) is -15.2. The summed E-state index contributed by atoms with van der Waals surface area (Å²) in [6, 6.07) is -0.483. The van der Waals surface area contributed by atoms with Crippen LogP contribution in [0.25, 0.3) is 10.9 Å². The van der Waals surface area contributed by atoms with Crippen LogP contribution in [0.15, 0.2) is 9.59 Å². The van der Waals surface area contributed by atoms with Gasteiger partial charge in [0.2, 0.25) is 5.54 Å². The van der Waals surface area contributed by atoms with Crippen molar-refractivity contribution < 1.29 is 39.5 Å². The minimum atomic E-state index is -5.89. The van der Waals surface area contributed by atoms with Gasteiger partial charge in [-0.1, -0.05) is 0 Å². The predicted octanol–water partition coefficient (Wildman–Crippen LogP) is 4.06. The number of rotatable bonds is 4. The normalized spacial score (nSPS) is 19.9. The molecule has 0 radical (unpaired) electrons. The first-order valence-corrected chi connectivity index (χ1v) is 10.5. The monoisotopic (exact) mass is 518 g/mol. The van der Waals surface area contributed by atoms with Crippen molar-refractivity contribution in [3.05, 3.63) is 37.8 Å². The molecule has 194 valence electrons. The number of nitrogens with one attached hydrogen (secondary N) is 1. The molecule has 35 heavy (non-hydrogen) atoms. The lowest BCUT2D eigenvalue weighted by Gasteiger charge is -2.38. The minimum absolute atomic E-state index is 0.223. The van der Waals surface area contributed by atoms with Crippen LogP contribution in [0.1, 0.15) is 42.9 Å². The van der Waals surface area contributed by atoms with Gasteiger partial charge < -0.3 is 10.6 Å². The van der Waals surface area contributed by atoms with E-state index in [2.05, 4.69) is 0 Å². The highest BCUT2D eigenvalue weighted by atomic mass is 19.4. The zero-order valence-corrected chi connectivity index (χ0v) is 18.0. The van der Waals surface area contributed by atoms with Gasteiger partial charge in [-0.3, -0.25) is 14.3 Å². The lowest BCUT2D eigenvalue weighted by atomic mass is 9.82. The van der Waals surface area contributed by atoms with E-state index in [0.29, 0.717) is 12.8 Å². The molecule has 1 atom stereocenters. The van der Waals surface area contributed by atoms with Crippen LogP contribution in [0.3, 0.4) is 0 Å². The Bertz CT molecular complexity index is 1280. The first-order valence-electron chi connectivity index (χ1n) is 10.5. The molecule has 1 saturated heterocycles. The fraction of sp³-hybridized carbons (Fsp3) is 0.600. The van der Waals surface area contributed by atoms with Gasteiger partial charge in [0.25, 0.3) is 12.0 Å². The van der Waals surface area contributed by atoms with Crippen LogP contribution in [0.4, 0.5) is 45.2 Å².